The van der Waals surface area contributed by atoms with Crippen molar-refractivity contribution in [2.45, 2.75) is 0 Å². The average Bonchev–Trinajstić information content (AvgIpc) is 3.61. The van der Waals surface area contributed by atoms with E-state index in [-0.39, 0.29) is 0 Å². The van der Waals surface area contributed by atoms with Gasteiger partial charge in [0.15, 0.2) is 0 Å². The summed E-state index contributed by atoms with van der Waals surface area (Å²) in [6.07, 6.45) is 0. The van der Waals surface area contributed by atoms with Crippen LogP contribution in [0.15, 0.2) is 199 Å². The van der Waals surface area contributed by atoms with E-state index >= 15 is 0 Å². The van der Waals surface area contributed by atoms with Crippen molar-refractivity contribution in [1.29, 1.82) is 0 Å². The number of para-hydroxylation sites is 1. The molecule has 1 heteroatoms. The Balaban J connectivity index is 1.20. The summed E-state index contributed by atoms with van der Waals surface area (Å²) >= 11 is 0. The van der Waals surface area contributed by atoms with Crippen molar-refractivity contribution >= 4 is 86.6 Å². The number of rotatable bonds is 3. The van der Waals surface area contributed by atoms with Crippen molar-refractivity contribution in [3.63, 3.8) is 0 Å². The maximum atomic E-state index is 6.86. The van der Waals surface area contributed by atoms with E-state index in [0.717, 1.165) is 27.5 Å². The third-order valence-corrected chi connectivity index (χ3v) is 11.8. The van der Waals surface area contributed by atoms with E-state index in [0.29, 0.717) is 0 Å². The van der Waals surface area contributed by atoms with Gasteiger partial charge < -0.3 is 4.42 Å². The Bertz CT molecular complexity index is 3430. The Morgan fingerprint density at radius 3 is 1.22 bits per heavy atom. The van der Waals surface area contributed by atoms with Crippen LogP contribution in [0, 0.1) is 0 Å². The van der Waals surface area contributed by atoms with E-state index in [4.69, 9.17) is 4.42 Å². The molecule has 1 aromatic heterocycles. The van der Waals surface area contributed by atoms with E-state index < -0.39 is 0 Å². The molecule has 0 amide bonds. The molecule has 0 N–H and O–H groups in total. The van der Waals surface area contributed by atoms with Gasteiger partial charge in [-0.05, 0) is 105 Å². The molecule has 12 rings (SSSR count). The lowest BCUT2D eigenvalue weighted by molar-refractivity contribution is 0.670. The second-order valence-corrected chi connectivity index (χ2v) is 14.7. The van der Waals surface area contributed by atoms with E-state index in [1.807, 2.05) is 0 Å². The van der Waals surface area contributed by atoms with Crippen LogP contribution in [-0.4, -0.2) is 0 Å². The topological polar surface area (TPSA) is 13.1 Å². The van der Waals surface area contributed by atoms with Crippen LogP contribution in [0.1, 0.15) is 0 Å². The number of hydrogen-bond acceptors (Lipinski definition) is 1. The van der Waals surface area contributed by atoms with Gasteiger partial charge in [-0.1, -0.05) is 176 Å². The van der Waals surface area contributed by atoms with Crippen molar-refractivity contribution in [1.82, 2.24) is 0 Å². The number of fused-ring (bicyclic) bond motifs is 9. The number of benzene rings is 11. The van der Waals surface area contributed by atoms with Crippen LogP contribution in [0.25, 0.3) is 120 Å². The summed E-state index contributed by atoms with van der Waals surface area (Å²) in [5.41, 5.74) is 9.18. The molecule has 0 bridgehead atoms. The highest BCUT2D eigenvalue weighted by molar-refractivity contribution is 6.31. The van der Waals surface area contributed by atoms with Gasteiger partial charge in [0.1, 0.15) is 11.2 Å². The van der Waals surface area contributed by atoms with Crippen LogP contribution >= 0.6 is 0 Å². The minimum Gasteiger partial charge on any atom is -0.455 e. The molecule has 0 aliphatic carbocycles. The normalized spacial score (nSPS) is 12.0. The zero-order chi connectivity index (χ0) is 36.0. The smallest absolute Gasteiger partial charge is 0.143 e. The number of furan rings is 1. The molecule has 11 aromatic carbocycles. The molecule has 0 fully saturated rings. The molecule has 0 atom stereocenters. The summed E-state index contributed by atoms with van der Waals surface area (Å²) in [4.78, 5) is 0. The van der Waals surface area contributed by atoms with Gasteiger partial charge in [-0.2, -0.15) is 0 Å². The molecule has 1 nitrogen and oxygen atoms in total. The first-order chi connectivity index (χ1) is 27.3. The molecule has 0 unspecified atom stereocenters. The molecule has 0 spiro atoms. The van der Waals surface area contributed by atoms with Crippen LogP contribution in [0.3, 0.4) is 0 Å². The van der Waals surface area contributed by atoms with Gasteiger partial charge in [0.25, 0.3) is 0 Å². The third-order valence-electron chi connectivity index (χ3n) is 11.8. The largest absolute Gasteiger partial charge is 0.455 e. The van der Waals surface area contributed by atoms with Crippen molar-refractivity contribution in [3.05, 3.63) is 194 Å². The second kappa shape index (κ2) is 11.6. The van der Waals surface area contributed by atoms with Gasteiger partial charge in [-0.15, -0.1) is 0 Å². The van der Waals surface area contributed by atoms with Gasteiger partial charge in [-0.3, -0.25) is 0 Å². The molecule has 0 saturated carbocycles. The van der Waals surface area contributed by atoms with Crippen LogP contribution < -0.4 is 0 Å². The SMILES string of the molecule is c1ccc2cc(-c3c4ccccc4c(-c4c5ccccc5c(-c5cccc6c5oc5cc7ccccc7cc56)c5ccccc45)c4ccccc34)ccc2c1. The predicted octanol–water partition coefficient (Wildman–Crippen LogP) is 15.5. The van der Waals surface area contributed by atoms with Gasteiger partial charge in [0.2, 0.25) is 0 Å². The molecular weight excluding hydrogens is 665 g/mol. The molecule has 12 aromatic rings. The van der Waals surface area contributed by atoms with Crippen molar-refractivity contribution in [2.24, 2.45) is 0 Å². The van der Waals surface area contributed by atoms with Gasteiger partial charge in [0, 0.05) is 21.9 Å². The first kappa shape index (κ1) is 30.3. The van der Waals surface area contributed by atoms with Crippen LogP contribution in [0.5, 0.6) is 0 Å². The molecule has 0 radical (unpaired) electrons. The van der Waals surface area contributed by atoms with Gasteiger partial charge in [0.05, 0.1) is 0 Å². The highest BCUT2D eigenvalue weighted by Crippen LogP contribution is 2.51. The summed E-state index contributed by atoms with van der Waals surface area (Å²) in [5, 5.41) is 17.1. The number of hydrogen-bond donors (Lipinski definition) is 0. The standard InChI is InChI=1S/C54H32O/c1-2-15-34-30-37(29-28-33(34)14-1)50-38-18-5-9-22-42(38)52(43-23-10-6-19-39(43)50)53-44-24-11-7-20-40(44)51(41-21-8-12-25-45(41)53)47-27-13-26-46-48-31-35-16-3-4-17-36(35)32-49(48)55-54(46)47/h1-32H. The summed E-state index contributed by atoms with van der Waals surface area (Å²) in [5.74, 6) is 0. The Morgan fingerprint density at radius 2 is 0.673 bits per heavy atom. The van der Waals surface area contributed by atoms with Gasteiger partial charge in [-0.25, -0.2) is 0 Å². The van der Waals surface area contributed by atoms with Crippen LogP contribution in [-0.2, 0) is 0 Å². The summed E-state index contributed by atoms with van der Waals surface area (Å²) in [6, 6.07) is 71.1. The van der Waals surface area contributed by atoms with Crippen molar-refractivity contribution < 1.29 is 4.42 Å². The zero-order valence-corrected chi connectivity index (χ0v) is 29.9. The van der Waals surface area contributed by atoms with Crippen LogP contribution in [0.4, 0.5) is 0 Å². The lowest BCUT2D eigenvalue weighted by Crippen LogP contribution is -1.94. The Kier molecular flexibility index (Phi) is 6.40. The van der Waals surface area contributed by atoms with Crippen LogP contribution in [0.2, 0.25) is 0 Å². The minimum atomic E-state index is 0.913. The average molecular weight is 697 g/mol. The van der Waals surface area contributed by atoms with E-state index in [9.17, 15) is 0 Å². The minimum absolute atomic E-state index is 0.913. The Hall–Kier alpha value is -7.22. The maximum Gasteiger partial charge on any atom is 0.143 e. The predicted molar refractivity (Wildman–Crippen MR) is 235 cm³/mol. The van der Waals surface area contributed by atoms with E-state index in [1.165, 1.54) is 92.5 Å². The fraction of sp³-hybridized carbons (Fsp3) is 0. The first-order valence-electron chi connectivity index (χ1n) is 19.0. The fourth-order valence-corrected chi connectivity index (χ4v) is 9.42. The van der Waals surface area contributed by atoms with Gasteiger partial charge >= 0.3 is 0 Å². The van der Waals surface area contributed by atoms with E-state index in [1.54, 1.807) is 0 Å². The molecule has 1 heterocycles. The highest BCUT2D eigenvalue weighted by atomic mass is 16.3. The maximum absolute atomic E-state index is 6.86. The quantitative estimate of drug-likeness (QED) is 0.168. The molecule has 0 saturated heterocycles. The Morgan fingerprint density at radius 1 is 0.255 bits per heavy atom. The summed E-state index contributed by atoms with van der Waals surface area (Å²) in [7, 11) is 0. The lowest BCUT2D eigenvalue weighted by atomic mass is 9.81. The molecule has 55 heavy (non-hydrogen) atoms. The Labute approximate surface area is 317 Å². The molecular formula is C54H32O. The first-order valence-corrected chi connectivity index (χ1v) is 19.0. The van der Waals surface area contributed by atoms with Crippen molar-refractivity contribution in [2.75, 3.05) is 0 Å². The fourth-order valence-electron chi connectivity index (χ4n) is 9.42. The zero-order valence-electron chi connectivity index (χ0n) is 29.9. The third kappa shape index (κ3) is 4.41. The monoisotopic (exact) mass is 696 g/mol. The second-order valence-electron chi connectivity index (χ2n) is 14.7. The highest BCUT2D eigenvalue weighted by Gasteiger charge is 2.24. The van der Waals surface area contributed by atoms with Crippen molar-refractivity contribution in [3.8, 4) is 33.4 Å². The molecule has 254 valence electrons. The lowest BCUT2D eigenvalue weighted by Gasteiger charge is -2.22. The summed E-state index contributed by atoms with van der Waals surface area (Å²) < 4.78 is 6.86. The van der Waals surface area contributed by atoms with E-state index in [2.05, 4.69) is 194 Å². The molecule has 0 aliphatic heterocycles. The summed E-state index contributed by atoms with van der Waals surface area (Å²) in [6.45, 7) is 0. The molecule has 0 aliphatic rings.